The van der Waals surface area contributed by atoms with E-state index in [1.807, 2.05) is 25.1 Å². The SMILES string of the molecule is Cc1cc(Br)ccc1-c1ccc(Br)c(=O)n1CC(F)F. The van der Waals surface area contributed by atoms with Gasteiger partial charge in [0.05, 0.1) is 16.7 Å². The van der Waals surface area contributed by atoms with E-state index >= 15 is 0 Å². The van der Waals surface area contributed by atoms with Gasteiger partial charge in [-0.25, -0.2) is 8.78 Å². The van der Waals surface area contributed by atoms with Crippen LogP contribution < -0.4 is 5.56 Å². The van der Waals surface area contributed by atoms with Crippen LogP contribution in [-0.4, -0.2) is 11.0 Å². The summed E-state index contributed by atoms with van der Waals surface area (Å²) >= 11 is 6.44. The molecule has 0 saturated heterocycles. The maximum atomic E-state index is 12.7. The van der Waals surface area contributed by atoms with E-state index in [0.717, 1.165) is 20.2 Å². The molecule has 0 N–H and O–H groups in total. The third-order valence-electron chi connectivity index (χ3n) is 2.91. The lowest BCUT2D eigenvalue weighted by Crippen LogP contribution is -2.25. The van der Waals surface area contributed by atoms with Crippen molar-refractivity contribution in [1.82, 2.24) is 4.57 Å². The molecule has 0 amide bonds. The number of benzene rings is 1. The van der Waals surface area contributed by atoms with Gasteiger partial charge in [0.2, 0.25) is 0 Å². The highest BCUT2D eigenvalue weighted by atomic mass is 79.9. The second-order valence-corrected chi connectivity index (χ2v) is 6.10. The average Bonchev–Trinajstić information content (AvgIpc) is 2.36. The summed E-state index contributed by atoms with van der Waals surface area (Å²) in [6.07, 6.45) is -2.59. The van der Waals surface area contributed by atoms with Crippen molar-refractivity contribution in [3.8, 4) is 11.3 Å². The lowest BCUT2D eigenvalue weighted by Gasteiger charge is -2.15. The van der Waals surface area contributed by atoms with E-state index < -0.39 is 18.5 Å². The molecule has 106 valence electrons. The van der Waals surface area contributed by atoms with Gasteiger partial charge >= 0.3 is 0 Å². The molecular weight excluding hydrogens is 396 g/mol. The molecule has 2 nitrogen and oxygen atoms in total. The molecule has 1 aromatic heterocycles. The summed E-state index contributed by atoms with van der Waals surface area (Å²) in [6, 6.07) is 8.77. The van der Waals surface area contributed by atoms with Gasteiger partial charge in [0.25, 0.3) is 12.0 Å². The Balaban J connectivity index is 2.67. The average molecular weight is 407 g/mol. The van der Waals surface area contributed by atoms with Crippen molar-refractivity contribution in [3.63, 3.8) is 0 Å². The van der Waals surface area contributed by atoms with Gasteiger partial charge in [0.1, 0.15) is 0 Å². The molecule has 1 aromatic carbocycles. The van der Waals surface area contributed by atoms with E-state index in [2.05, 4.69) is 31.9 Å². The summed E-state index contributed by atoms with van der Waals surface area (Å²) in [6.45, 7) is 1.25. The zero-order valence-corrected chi connectivity index (χ0v) is 13.7. The van der Waals surface area contributed by atoms with E-state index in [1.165, 1.54) is 0 Å². The number of halogens is 4. The van der Waals surface area contributed by atoms with E-state index in [4.69, 9.17) is 0 Å². The van der Waals surface area contributed by atoms with Crippen LogP contribution >= 0.6 is 31.9 Å². The maximum Gasteiger partial charge on any atom is 0.265 e. The number of hydrogen-bond donors (Lipinski definition) is 0. The lowest BCUT2D eigenvalue weighted by atomic mass is 10.0. The molecule has 0 spiro atoms. The molecule has 0 aliphatic carbocycles. The third kappa shape index (κ3) is 3.17. The van der Waals surface area contributed by atoms with Gasteiger partial charge in [0.15, 0.2) is 0 Å². The van der Waals surface area contributed by atoms with Gasteiger partial charge < -0.3 is 4.57 Å². The highest BCUT2D eigenvalue weighted by Crippen LogP contribution is 2.26. The molecule has 0 bridgehead atoms. The topological polar surface area (TPSA) is 22.0 Å². The van der Waals surface area contributed by atoms with Crippen molar-refractivity contribution < 1.29 is 8.78 Å². The monoisotopic (exact) mass is 405 g/mol. The van der Waals surface area contributed by atoms with E-state index in [9.17, 15) is 13.6 Å². The Hall–Kier alpha value is -1.01. The summed E-state index contributed by atoms with van der Waals surface area (Å²) in [5.74, 6) is 0. The number of aryl methyl sites for hydroxylation is 1. The zero-order chi connectivity index (χ0) is 14.9. The van der Waals surface area contributed by atoms with Crippen molar-refractivity contribution in [1.29, 1.82) is 0 Å². The van der Waals surface area contributed by atoms with Gasteiger partial charge in [0, 0.05) is 10.0 Å². The number of alkyl halides is 2. The van der Waals surface area contributed by atoms with E-state index in [-0.39, 0.29) is 4.47 Å². The molecule has 0 atom stereocenters. The summed E-state index contributed by atoms with van der Waals surface area (Å²) in [5, 5.41) is 0. The van der Waals surface area contributed by atoms with Crippen LogP contribution in [-0.2, 0) is 6.54 Å². The fraction of sp³-hybridized carbons (Fsp3) is 0.214. The molecule has 1 heterocycles. The molecule has 0 aliphatic heterocycles. The first kappa shape index (κ1) is 15.4. The van der Waals surface area contributed by atoms with Crippen molar-refractivity contribution in [3.05, 3.63) is 55.2 Å². The van der Waals surface area contributed by atoms with Crippen molar-refractivity contribution in [2.75, 3.05) is 0 Å². The smallest absolute Gasteiger partial charge is 0.265 e. The van der Waals surface area contributed by atoms with Crippen LogP contribution in [0.25, 0.3) is 11.3 Å². The maximum absolute atomic E-state index is 12.7. The van der Waals surface area contributed by atoms with Gasteiger partial charge in [-0.15, -0.1) is 0 Å². The molecule has 0 radical (unpaired) electrons. The minimum Gasteiger partial charge on any atom is -0.302 e. The Kier molecular flexibility index (Phi) is 4.75. The first-order chi connectivity index (χ1) is 9.40. The number of aromatic nitrogens is 1. The molecule has 2 aromatic rings. The zero-order valence-electron chi connectivity index (χ0n) is 10.5. The van der Waals surface area contributed by atoms with Gasteiger partial charge in [-0.05, 0) is 52.7 Å². The molecular formula is C14H11Br2F2NO. The largest absolute Gasteiger partial charge is 0.302 e. The summed E-state index contributed by atoms with van der Waals surface area (Å²) in [5.41, 5.74) is 1.70. The van der Waals surface area contributed by atoms with Gasteiger partial charge in [-0.3, -0.25) is 4.79 Å². The lowest BCUT2D eigenvalue weighted by molar-refractivity contribution is 0.126. The van der Waals surface area contributed by atoms with E-state index in [1.54, 1.807) is 12.1 Å². The summed E-state index contributed by atoms with van der Waals surface area (Å²) in [4.78, 5) is 12.1. The van der Waals surface area contributed by atoms with Crippen molar-refractivity contribution in [2.45, 2.75) is 19.9 Å². The Morgan fingerprint density at radius 2 is 1.90 bits per heavy atom. The molecule has 0 unspecified atom stereocenters. The van der Waals surface area contributed by atoms with Crippen molar-refractivity contribution >= 4 is 31.9 Å². The Morgan fingerprint density at radius 1 is 1.20 bits per heavy atom. The van der Waals surface area contributed by atoms with Crippen LogP contribution in [0.1, 0.15) is 5.56 Å². The molecule has 0 fully saturated rings. The minimum absolute atomic E-state index is 0.275. The second kappa shape index (κ2) is 6.18. The van der Waals surface area contributed by atoms with Crippen LogP contribution in [0.15, 0.2) is 44.1 Å². The predicted molar refractivity (Wildman–Crippen MR) is 82.3 cm³/mol. The quantitative estimate of drug-likeness (QED) is 0.729. The first-order valence-corrected chi connectivity index (χ1v) is 7.42. The van der Waals surface area contributed by atoms with Crippen LogP contribution in [0.2, 0.25) is 0 Å². The number of pyridine rings is 1. The van der Waals surface area contributed by atoms with Gasteiger partial charge in [-0.2, -0.15) is 0 Å². The Labute approximate surface area is 131 Å². The molecule has 2 rings (SSSR count). The third-order valence-corrected chi connectivity index (χ3v) is 4.01. The fourth-order valence-corrected chi connectivity index (χ4v) is 2.84. The van der Waals surface area contributed by atoms with Crippen LogP contribution in [0.3, 0.4) is 0 Å². The fourth-order valence-electron chi connectivity index (χ4n) is 2.02. The highest BCUT2D eigenvalue weighted by molar-refractivity contribution is 9.10. The van der Waals surface area contributed by atoms with Crippen LogP contribution in [0, 0.1) is 6.92 Å². The summed E-state index contributed by atoms with van der Waals surface area (Å²) in [7, 11) is 0. The highest BCUT2D eigenvalue weighted by Gasteiger charge is 2.14. The number of rotatable bonds is 3. The first-order valence-electron chi connectivity index (χ1n) is 5.84. The van der Waals surface area contributed by atoms with Crippen molar-refractivity contribution in [2.24, 2.45) is 0 Å². The Morgan fingerprint density at radius 3 is 2.50 bits per heavy atom. The minimum atomic E-state index is -2.59. The normalized spacial score (nSPS) is 11.1. The van der Waals surface area contributed by atoms with Crippen LogP contribution in [0.5, 0.6) is 0 Å². The number of nitrogens with zero attached hydrogens (tertiary/aromatic N) is 1. The number of hydrogen-bond acceptors (Lipinski definition) is 1. The molecule has 20 heavy (non-hydrogen) atoms. The molecule has 0 aliphatic rings. The second-order valence-electron chi connectivity index (χ2n) is 4.33. The van der Waals surface area contributed by atoms with E-state index in [0.29, 0.717) is 5.69 Å². The summed E-state index contributed by atoms with van der Waals surface area (Å²) < 4.78 is 27.7. The standard InChI is InChI=1S/C14H11Br2F2NO/c1-8-6-9(15)2-3-10(8)12-5-4-11(16)14(20)19(12)7-13(17)18/h2-6,13H,7H2,1H3. The van der Waals surface area contributed by atoms with Crippen LogP contribution in [0.4, 0.5) is 8.78 Å². The Bertz CT molecular complexity index is 698. The predicted octanol–water partition coefficient (Wildman–Crippen LogP) is 4.61. The molecule has 6 heteroatoms. The van der Waals surface area contributed by atoms with Gasteiger partial charge in [-0.1, -0.05) is 22.0 Å². The molecule has 0 saturated carbocycles.